The fourth-order valence-corrected chi connectivity index (χ4v) is 3.37. The Balaban J connectivity index is 1.38. The molecule has 3 aromatic rings. The first-order valence-corrected chi connectivity index (χ1v) is 9.07. The molecule has 1 aromatic heterocycles. The van der Waals surface area contributed by atoms with E-state index in [1.165, 1.54) is 23.5 Å². The Bertz CT molecular complexity index is 1010. The van der Waals surface area contributed by atoms with Gasteiger partial charge in [-0.15, -0.1) is 11.3 Å². The number of carbonyl (C=O) groups is 1. The highest BCUT2D eigenvalue weighted by Gasteiger charge is 2.16. The van der Waals surface area contributed by atoms with Gasteiger partial charge in [-0.2, -0.15) is 0 Å². The van der Waals surface area contributed by atoms with Gasteiger partial charge in [0.25, 0.3) is 5.91 Å². The number of nitrogens with zero attached hydrogens (tertiary/aromatic N) is 1. The molecule has 0 spiro atoms. The number of halogens is 2. The molecule has 2 aromatic carbocycles. The number of hydrogen-bond donors (Lipinski definition) is 1. The van der Waals surface area contributed by atoms with Crippen molar-refractivity contribution in [2.75, 3.05) is 18.7 Å². The van der Waals surface area contributed by atoms with Gasteiger partial charge in [-0.05, 0) is 36.4 Å². The molecule has 0 aliphatic carbocycles. The normalized spacial score (nSPS) is 12.1. The molecule has 1 aliphatic heterocycles. The highest BCUT2D eigenvalue weighted by Crippen LogP contribution is 2.36. The second-order valence-electron chi connectivity index (χ2n) is 5.52. The molecule has 27 heavy (non-hydrogen) atoms. The highest BCUT2D eigenvalue weighted by atomic mass is 35.5. The van der Waals surface area contributed by atoms with E-state index in [-0.39, 0.29) is 24.2 Å². The molecule has 4 rings (SSSR count). The first-order chi connectivity index (χ1) is 13.1. The SMILES string of the molecule is O=C(COc1ccc(F)cc1Cl)Nc1nc(-c2ccc3c(c2)OCO3)cs1. The second-order valence-corrected chi connectivity index (χ2v) is 6.78. The van der Waals surface area contributed by atoms with Gasteiger partial charge in [0.1, 0.15) is 11.6 Å². The summed E-state index contributed by atoms with van der Waals surface area (Å²) < 4.78 is 29.0. The minimum atomic E-state index is -0.476. The van der Waals surface area contributed by atoms with Crippen molar-refractivity contribution in [2.45, 2.75) is 0 Å². The number of nitrogens with one attached hydrogen (secondary N) is 1. The zero-order valence-corrected chi connectivity index (χ0v) is 15.3. The zero-order valence-electron chi connectivity index (χ0n) is 13.7. The largest absolute Gasteiger partial charge is 0.482 e. The predicted octanol–water partition coefficient (Wildman–Crippen LogP) is 4.35. The van der Waals surface area contributed by atoms with Crippen LogP contribution < -0.4 is 19.5 Å². The number of thiazole rings is 1. The number of amides is 1. The van der Waals surface area contributed by atoms with Crippen LogP contribution in [-0.2, 0) is 4.79 Å². The predicted molar refractivity (Wildman–Crippen MR) is 99.2 cm³/mol. The summed E-state index contributed by atoms with van der Waals surface area (Å²) in [5.41, 5.74) is 1.56. The molecule has 1 aliphatic rings. The van der Waals surface area contributed by atoms with E-state index in [4.69, 9.17) is 25.8 Å². The number of fused-ring (bicyclic) bond motifs is 1. The van der Waals surface area contributed by atoms with Crippen molar-refractivity contribution >= 4 is 34.0 Å². The minimum absolute atomic E-state index is 0.0992. The maximum atomic E-state index is 13.0. The van der Waals surface area contributed by atoms with E-state index in [1.54, 1.807) is 0 Å². The smallest absolute Gasteiger partial charge is 0.264 e. The lowest BCUT2D eigenvalue weighted by Crippen LogP contribution is -2.20. The average Bonchev–Trinajstić information content (AvgIpc) is 3.29. The van der Waals surface area contributed by atoms with Gasteiger partial charge in [0, 0.05) is 10.9 Å². The monoisotopic (exact) mass is 406 g/mol. The van der Waals surface area contributed by atoms with Crippen LogP contribution in [0.4, 0.5) is 9.52 Å². The van der Waals surface area contributed by atoms with Crippen LogP contribution in [0, 0.1) is 5.82 Å². The van der Waals surface area contributed by atoms with Crippen molar-refractivity contribution in [2.24, 2.45) is 0 Å². The van der Waals surface area contributed by atoms with Crippen molar-refractivity contribution in [3.63, 3.8) is 0 Å². The molecule has 0 saturated heterocycles. The lowest BCUT2D eigenvalue weighted by molar-refractivity contribution is -0.118. The van der Waals surface area contributed by atoms with Gasteiger partial charge < -0.3 is 14.2 Å². The molecule has 1 N–H and O–H groups in total. The fourth-order valence-electron chi connectivity index (χ4n) is 2.41. The summed E-state index contributed by atoms with van der Waals surface area (Å²) >= 11 is 7.14. The van der Waals surface area contributed by atoms with Crippen molar-refractivity contribution in [1.82, 2.24) is 4.98 Å². The van der Waals surface area contributed by atoms with Crippen LogP contribution in [0.3, 0.4) is 0 Å². The van der Waals surface area contributed by atoms with Crippen molar-refractivity contribution in [3.8, 4) is 28.5 Å². The van der Waals surface area contributed by atoms with Gasteiger partial charge in [-0.1, -0.05) is 11.6 Å². The second kappa shape index (κ2) is 7.42. The average molecular weight is 407 g/mol. The maximum absolute atomic E-state index is 13.0. The highest BCUT2D eigenvalue weighted by molar-refractivity contribution is 7.14. The van der Waals surface area contributed by atoms with Crippen molar-refractivity contribution in [3.05, 3.63) is 52.6 Å². The van der Waals surface area contributed by atoms with Gasteiger partial charge in [0.2, 0.25) is 6.79 Å². The van der Waals surface area contributed by atoms with Crippen LogP contribution >= 0.6 is 22.9 Å². The van der Waals surface area contributed by atoms with E-state index in [0.29, 0.717) is 22.3 Å². The van der Waals surface area contributed by atoms with Gasteiger partial charge in [-0.25, -0.2) is 9.37 Å². The molecular formula is C18H12ClFN2O4S. The minimum Gasteiger partial charge on any atom is -0.482 e. The summed E-state index contributed by atoms with van der Waals surface area (Å²) in [6.07, 6.45) is 0. The first-order valence-electron chi connectivity index (χ1n) is 7.82. The first kappa shape index (κ1) is 17.6. The number of rotatable bonds is 5. The third-order valence-electron chi connectivity index (χ3n) is 3.67. The molecule has 2 heterocycles. The summed E-state index contributed by atoms with van der Waals surface area (Å²) in [4.78, 5) is 16.4. The number of carbonyl (C=O) groups excluding carboxylic acids is 1. The number of hydrogen-bond acceptors (Lipinski definition) is 6. The lowest BCUT2D eigenvalue weighted by atomic mass is 10.1. The number of anilines is 1. The Morgan fingerprint density at radius 3 is 2.96 bits per heavy atom. The van der Waals surface area contributed by atoms with Gasteiger partial charge in [0.15, 0.2) is 23.2 Å². The maximum Gasteiger partial charge on any atom is 0.264 e. The van der Waals surface area contributed by atoms with Crippen LogP contribution in [0.15, 0.2) is 41.8 Å². The summed E-state index contributed by atoms with van der Waals surface area (Å²) in [7, 11) is 0. The molecule has 0 radical (unpaired) electrons. The third kappa shape index (κ3) is 3.96. The van der Waals surface area contributed by atoms with Crippen molar-refractivity contribution in [1.29, 1.82) is 0 Å². The summed E-state index contributed by atoms with van der Waals surface area (Å²) in [6, 6.07) is 9.21. The topological polar surface area (TPSA) is 69.7 Å². The van der Waals surface area contributed by atoms with E-state index < -0.39 is 11.7 Å². The van der Waals surface area contributed by atoms with Gasteiger partial charge in [-0.3, -0.25) is 10.1 Å². The molecule has 9 heteroatoms. The Morgan fingerprint density at radius 2 is 2.11 bits per heavy atom. The Labute approximate surface area is 162 Å². The zero-order chi connectivity index (χ0) is 18.8. The van der Waals surface area contributed by atoms with E-state index in [0.717, 1.165) is 11.6 Å². The molecular weight excluding hydrogens is 395 g/mol. The summed E-state index contributed by atoms with van der Waals surface area (Å²) in [6.45, 7) is -0.0699. The van der Waals surface area contributed by atoms with E-state index >= 15 is 0 Å². The van der Waals surface area contributed by atoms with Crippen molar-refractivity contribution < 1.29 is 23.4 Å². The summed E-state index contributed by atoms with van der Waals surface area (Å²) in [5.74, 6) is 0.709. The summed E-state index contributed by atoms with van der Waals surface area (Å²) in [5, 5.41) is 5.01. The quantitative estimate of drug-likeness (QED) is 0.682. The Morgan fingerprint density at radius 1 is 1.26 bits per heavy atom. The Hall–Kier alpha value is -2.84. The standard InChI is InChI=1S/C18H12ClFN2O4S/c19-12-6-11(20)2-4-14(12)24-7-17(23)22-18-21-13(8-27-18)10-1-3-15-16(5-10)26-9-25-15/h1-6,8H,7,9H2,(H,21,22,23). The number of benzene rings is 2. The fraction of sp³-hybridized carbons (Fsp3) is 0.111. The molecule has 0 atom stereocenters. The van der Waals surface area contributed by atoms with E-state index in [1.807, 2.05) is 23.6 Å². The molecule has 0 unspecified atom stereocenters. The molecule has 0 bridgehead atoms. The lowest BCUT2D eigenvalue weighted by Gasteiger charge is -2.07. The van der Waals surface area contributed by atoms with E-state index in [2.05, 4.69) is 10.3 Å². The Kier molecular flexibility index (Phi) is 4.83. The third-order valence-corrected chi connectivity index (χ3v) is 4.72. The molecule has 0 saturated carbocycles. The number of aromatic nitrogens is 1. The van der Waals surface area contributed by atoms with Crippen LogP contribution in [0.2, 0.25) is 5.02 Å². The van der Waals surface area contributed by atoms with Crippen LogP contribution in [0.1, 0.15) is 0 Å². The van der Waals surface area contributed by atoms with Gasteiger partial charge in [0.05, 0.1) is 10.7 Å². The van der Waals surface area contributed by atoms with Crippen LogP contribution in [0.5, 0.6) is 17.2 Å². The van der Waals surface area contributed by atoms with E-state index in [9.17, 15) is 9.18 Å². The molecule has 138 valence electrons. The molecule has 1 amide bonds. The molecule has 6 nitrogen and oxygen atoms in total. The number of ether oxygens (including phenoxy) is 3. The van der Waals surface area contributed by atoms with Gasteiger partial charge >= 0.3 is 0 Å². The van der Waals surface area contributed by atoms with Crippen LogP contribution in [0.25, 0.3) is 11.3 Å². The van der Waals surface area contributed by atoms with Crippen LogP contribution in [-0.4, -0.2) is 24.3 Å². The molecule has 0 fully saturated rings.